The lowest BCUT2D eigenvalue weighted by Crippen LogP contribution is -2.17. The largest absolute Gasteiger partial charge is 0.497 e. The van der Waals surface area contributed by atoms with Crippen molar-refractivity contribution in [3.05, 3.63) is 82.7 Å². The molecule has 2 atom stereocenters. The maximum Gasteiger partial charge on any atom is 0.131 e. The Morgan fingerprint density at radius 2 is 1.74 bits per heavy atom. The van der Waals surface area contributed by atoms with Crippen LogP contribution in [0, 0.1) is 11.2 Å². The fourth-order valence-corrected chi connectivity index (χ4v) is 6.32. The smallest absolute Gasteiger partial charge is 0.131 e. The zero-order valence-electron chi connectivity index (χ0n) is 21.5. The first-order chi connectivity index (χ1) is 16.9. The monoisotopic (exact) mass is 472 g/mol. The Morgan fingerprint density at radius 3 is 2.49 bits per heavy atom. The van der Waals surface area contributed by atoms with Gasteiger partial charge in [0, 0.05) is 5.56 Å². The summed E-state index contributed by atoms with van der Waals surface area (Å²) in [4.78, 5) is 0. The molecule has 184 valence electrons. The van der Waals surface area contributed by atoms with Gasteiger partial charge in [0.25, 0.3) is 0 Å². The second kappa shape index (κ2) is 9.68. The minimum absolute atomic E-state index is 0.179. The second-order valence-electron chi connectivity index (χ2n) is 11.0. The van der Waals surface area contributed by atoms with E-state index in [0.717, 1.165) is 23.3 Å². The van der Waals surface area contributed by atoms with Crippen LogP contribution in [0.5, 0.6) is 11.5 Å². The molecule has 2 aliphatic carbocycles. The molecule has 0 amide bonds. The van der Waals surface area contributed by atoms with Crippen molar-refractivity contribution in [2.45, 2.75) is 77.7 Å². The number of rotatable bonds is 7. The van der Waals surface area contributed by atoms with E-state index in [1.165, 1.54) is 54.9 Å². The molecule has 0 aromatic heterocycles. The molecule has 3 heteroatoms. The van der Waals surface area contributed by atoms with Crippen LogP contribution in [-0.2, 0) is 13.0 Å². The third kappa shape index (κ3) is 4.70. The molecule has 2 nitrogen and oxygen atoms in total. The van der Waals surface area contributed by atoms with Gasteiger partial charge in [-0.15, -0.1) is 0 Å². The number of halogens is 1. The van der Waals surface area contributed by atoms with Gasteiger partial charge in [-0.2, -0.15) is 0 Å². The number of hydrogen-bond acceptors (Lipinski definition) is 2. The van der Waals surface area contributed by atoms with Gasteiger partial charge in [-0.05, 0) is 108 Å². The summed E-state index contributed by atoms with van der Waals surface area (Å²) in [5, 5.41) is 0. The number of hydrogen-bond donors (Lipinski definition) is 0. The van der Waals surface area contributed by atoms with Crippen LogP contribution in [0.15, 0.2) is 54.6 Å². The van der Waals surface area contributed by atoms with E-state index in [4.69, 9.17) is 9.47 Å². The van der Waals surface area contributed by atoms with E-state index >= 15 is 4.39 Å². The van der Waals surface area contributed by atoms with Crippen LogP contribution in [0.3, 0.4) is 0 Å². The molecule has 3 aromatic carbocycles. The van der Waals surface area contributed by atoms with E-state index in [9.17, 15) is 0 Å². The first-order valence-corrected chi connectivity index (χ1v) is 13.1. The standard InChI is InChI=1S/C32H37FO2/c1-5-22-9-10-23-11-12-25(19-27(22)23)35-20-21-8-14-26(29-18-24(34-4)13-15-31(29)33)28(17-21)30-7-6-16-32(30,2)3/h8,11-15,17-19,22,30H,5-7,9-10,16,20H2,1-4H3/t22-,30+/m0/s1. The SMILES string of the molecule is CC[C@H]1CCc2ccc(OCc3ccc(-c4cc(OC)ccc4F)c([C@H]4CCCC4(C)C)c3)cc21. The van der Waals surface area contributed by atoms with Gasteiger partial charge in [0.05, 0.1) is 7.11 Å². The first-order valence-electron chi connectivity index (χ1n) is 13.1. The van der Waals surface area contributed by atoms with Crippen molar-refractivity contribution in [3.63, 3.8) is 0 Å². The molecule has 2 aliphatic rings. The molecule has 1 fully saturated rings. The fourth-order valence-electron chi connectivity index (χ4n) is 6.32. The van der Waals surface area contributed by atoms with Crippen LogP contribution in [-0.4, -0.2) is 7.11 Å². The third-order valence-corrected chi connectivity index (χ3v) is 8.43. The molecule has 0 heterocycles. The minimum Gasteiger partial charge on any atom is -0.497 e. The highest BCUT2D eigenvalue weighted by molar-refractivity contribution is 5.71. The average molecular weight is 473 g/mol. The molecular formula is C32H37FO2. The van der Waals surface area contributed by atoms with Crippen molar-refractivity contribution in [1.29, 1.82) is 0 Å². The summed E-state index contributed by atoms with van der Waals surface area (Å²) in [5.41, 5.74) is 7.04. The van der Waals surface area contributed by atoms with Crippen LogP contribution in [0.25, 0.3) is 11.1 Å². The van der Waals surface area contributed by atoms with Gasteiger partial charge in [0.2, 0.25) is 0 Å². The van der Waals surface area contributed by atoms with Gasteiger partial charge >= 0.3 is 0 Å². The highest BCUT2D eigenvalue weighted by Crippen LogP contribution is 2.51. The van der Waals surface area contributed by atoms with E-state index in [1.807, 2.05) is 6.07 Å². The van der Waals surface area contributed by atoms with Crippen molar-refractivity contribution in [2.24, 2.45) is 5.41 Å². The number of fused-ring (bicyclic) bond motifs is 1. The highest BCUT2D eigenvalue weighted by atomic mass is 19.1. The van der Waals surface area contributed by atoms with Gasteiger partial charge in [-0.1, -0.05) is 51.5 Å². The topological polar surface area (TPSA) is 18.5 Å². The van der Waals surface area contributed by atoms with Crippen LogP contribution in [0.2, 0.25) is 0 Å². The maximum absolute atomic E-state index is 15.0. The van der Waals surface area contributed by atoms with Crippen LogP contribution in [0.1, 0.15) is 87.0 Å². The molecule has 1 saturated carbocycles. The normalized spacial score (nSPS) is 20.6. The van der Waals surface area contributed by atoms with E-state index in [2.05, 4.69) is 57.2 Å². The van der Waals surface area contributed by atoms with E-state index in [0.29, 0.717) is 29.8 Å². The zero-order chi connectivity index (χ0) is 24.6. The van der Waals surface area contributed by atoms with Crippen LogP contribution < -0.4 is 9.47 Å². The molecule has 35 heavy (non-hydrogen) atoms. The van der Waals surface area contributed by atoms with Crippen molar-refractivity contribution in [2.75, 3.05) is 7.11 Å². The van der Waals surface area contributed by atoms with Crippen LogP contribution in [0.4, 0.5) is 4.39 Å². The minimum atomic E-state index is -0.213. The second-order valence-corrected chi connectivity index (χ2v) is 11.0. The predicted molar refractivity (Wildman–Crippen MR) is 141 cm³/mol. The van der Waals surface area contributed by atoms with E-state index in [1.54, 1.807) is 13.2 Å². The van der Waals surface area contributed by atoms with Crippen LogP contribution >= 0.6 is 0 Å². The molecule has 3 aromatic rings. The third-order valence-electron chi connectivity index (χ3n) is 8.43. The van der Waals surface area contributed by atoms with Gasteiger partial charge < -0.3 is 9.47 Å². The summed E-state index contributed by atoms with van der Waals surface area (Å²) in [6.45, 7) is 7.46. The van der Waals surface area contributed by atoms with Crippen molar-refractivity contribution >= 4 is 0 Å². The molecule has 0 aliphatic heterocycles. The molecule has 0 radical (unpaired) electrons. The summed E-state index contributed by atoms with van der Waals surface area (Å²) in [6.07, 6.45) is 7.12. The average Bonchev–Trinajstić information content (AvgIpc) is 3.44. The van der Waals surface area contributed by atoms with Gasteiger partial charge in [0.15, 0.2) is 0 Å². The first kappa shape index (κ1) is 23.9. The predicted octanol–water partition coefficient (Wildman–Crippen LogP) is 8.81. The lowest BCUT2D eigenvalue weighted by atomic mass is 9.75. The quantitative estimate of drug-likeness (QED) is 0.342. The lowest BCUT2D eigenvalue weighted by Gasteiger charge is -2.30. The Labute approximate surface area is 209 Å². The van der Waals surface area contributed by atoms with Crippen molar-refractivity contribution in [1.82, 2.24) is 0 Å². The summed E-state index contributed by atoms with van der Waals surface area (Å²) < 4.78 is 26.7. The fraction of sp³-hybridized carbons (Fsp3) is 0.438. The van der Waals surface area contributed by atoms with E-state index in [-0.39, 0.29) is 11.2 Å². The summed E-state index contributed by atoms with van der Waals surface area (Å²) >= 11 is 0. The summed E-state index contributed by atoms with van der Waals surface area (Å²) in [7, 11) is 1.63. The number of methoxy groups -OCH3 is 1. The van der Waals surface area contributed by atoms with Crippen molar-refractivity contribution in [3.8, 4) is 22.6 Å². The Hall–Kier alpha value is -2.81. The number of benzene rings is 3. The highest BCUT2D eigenvalue weighted by Gasteiger charge is 2.37. The Bertz CT molecular complexity index is 1210. The Kier molecular flexibility index (Phi) is 6.61. The number of aryl methyl sites for hydroxylation is 1. The molecule has 0 unspecified atom stereocenters. The number of ether oxygens (including phenoxy) is 2. The van der Waals surface area contributed by atoms with Gasteiger partial charge in [0.1, 0.15) is 23.9 Å². The summed E-state index contributed by atoms with van der Waals surface area (Å²) in [5.74, 6) is 2.44. The molecule has 0 N–H and O–H groups in total. The maximum atomic E-state index is 15.0. The summed E-state index contributed by atoms with van der Waals surface area (Å²) in [6, 6.07) is 18.0. The molecular weight excluding hydrogens is 435 g/mol. The molecule has 0 bridgehead atoms. The molecule has 0 saturated heterocycles. The lowest BCUT2D eigenvalue weighted by molar-refractivity contribution is 0.304. The van der Waals surface area contributed by atoms with Gasteiger partial charge in [-0.25, -0.2) is 4.39 Å². The molecule has 0 spiro atoms. The molecule has 5 rings (SSSR count). The Balaban J connectivity index is 1.47. The zero-order valence-corrected chi connectivity index (χ0v) is 21.5. The van der Waals surface area contributed by atoms with Gasteiger partial charge in [-0.3, -0.25) is 0 Å². The van der Waals surface area contributed by atoms with Crippen molar-refractivity contribution < 1.29 is 13.9 Å². The van der Waals surface area contributed by atoms with E-state index < -0.39 is 0 Å². The Morgan fingerprint density at radius 1 is 0.914 bits per heavy atom.